The standard InChI is InChI=1S/C15H23NO4/c1-4-12-10-20-6-5-16(12)9-11-7-13(18-2)15(17)14(8-11)19-3/h7-8,12,17H,4-6,9-10H2,1-3H3. The Morgan fingerprint density at radius 3 is 2.50 bits per heavy atom. The largest absolute Gasteiger partial charge is 0.502 e. The van der Waals surface area contributed by atoms with Crippen LogP contribution >= 0.6 is 0 Å². The van der Waals surface area contributed by atoms with Crippen molar-refractivity contribution in [3.05, 3.63) is 17.7 Å². The number of benzene rings is 1. The van der Waals surface area contributed by atoms with Gasteiger partial charge in [-0.2, -0.15) is 0 Å². The highest BCUT2D eigenvalue weighted by Gasteiger charge is 2.22. The number of phenols is 1. The smallest absolute Gasteiger partial charge is 0.200 e. The molecule has 1 unspecified atom stereocenters. The van der Waals surface area contributed by atoms with Crippen LogP contribution in [-0.2, 0) is 11.3 Å². The van der Waals surface area contributed by atoms with Crippen LogP contribution in [0.3, 0.4) is 0 Å². The fourth-order valence-corrected chi connectivity index (χ4v) is 2.55. The van der Waals surface area contributed by atoms with E-state index in [0.29, 0.717) is 17.5 Å². The predicted octanol–water partition coefficient (Wildman–Crippen LogP) is 2.02. The summed E-state index contributed by atoms with van der Waals surface area (Å²) in [4.78, 5) is 2.40. The summed E-state index contributed by atoms with van der Waals surface area (Å²) in [6.07, 6.45) is 1.06. The molecule has 1 atom stereocenters. The Labute approximate surface area is 120 Å². The molecule has 1 heterocycles. The Morgan fingerprint density at radius 2 is 1.95 bits per heavy atom. The fraction of sp³-hybridized carbons (Fsp3) is 0.600. The highest BCUT2D eigenvalue weighted by atomic mass is 16.5. The van der Waals surface area contributed by atoms with E-state index in [2.05, 4.69) is 11.8 Å². The minimum Gasteiger partial charge on any atom is -0.502 e. The molecule has 1 saturated heterocycles. The summed E-state index contributed by atoms with van der Waals surface area (Å²) in [6.45, 7) is 5.44. The first-order valence-electron chi connectivity index (χ1n) is 6.95. The van der Waals surface area contributed by atoms with Crippen LogP contribution in [0.5, 0.6) is 17.2 Å². The number of aromatic hydroxyl groups is 1. The van der Waals surface area contributed by atoms with E-state index in [-0.39, 0.29) is 5.75 Å². The summed E-state index contributed by atoms with van der Waals surface area (Å²) < 4.78 is 15.9. The lowest BCUT2D eigenvalue weighted by Crippen LogP contribution is -2.44. The van der Waals surface area contributed by atoms with E-state index in [9.17, 15) is 5.11 Å². The summed E-state index contributed by atoms with van der Waals surface area (Å²) in [5.74, 6) is 0.939. The maximum atomic E-state index is 9.93. The Balaban J connectivity index is 2.19. The van der Waals surface area contributed by atoms with Gasteiger partial charge >= 0.3 is 0 Å². The van der Waals surface area contributed by atoms with Gasteiger partial charge in [0.1, 0.15) is 0 Å². The second kappa shape index (κ2) is 6.81. The number of rotatable bonds is 5. The van der Waals surface area contributed by atoms with Crippen LogP contribution < -0.4 is 9.47 Å². The van der Waals surface area contributed by atoms with Gasteiger partial charge < -0.3 is 19.3 Å². The van der Waals surface area contributed by atoms with Gasteiger partial charge in [-0.3, -0.25) is 4.90 Å². The third-order valence-electron chi connectivity index (χ3n) is 3.75. The van der Waals surface area contributed by atoms with Gasteiger partial charge in [0.05, 0.1) is 27.4 Å². The number of hydrogen-bond acceptors (Lipinski definition) is 5. The third kappa shape index (κ3) is 3.16. The molecule has 20 heavy (non-hydrogen) atoms. The van der Waals surface area contributed by atoms with Gasteiger partial charge in [0, 0.05) is 19.1 Å². The van der Waals surface area contributed by atoms with Gasteiger partial charge in [-0.05, 0) is 24.1 Å². The van der Waals surface area contributed by atoms with Crippen molar-refractivity contribution < 1.29 is 19.3 Å². The zero-order valence-electron chi connectivity index (χ0n) is 12.4. The highest BCUT2D eigenvalue weighted by molar-refractivity contribution is 5.52. The molecule has 0 radical (unpaired) electrons. The van der Waals surface area contributed by atoms with Crippen molar-refractivity contribution in [3.8, 4) is 17.2 Å². The monoisotopic (exact) mass is 281 g/mol. The van der Waals surface area contributed by atoms with Gasteiger partial charge in [-0.15, -0.1) is 0 Å². The second-order valence-electron chi connectivity index (χ2n) is 4.96. The van der Waals surface area contributed by atoms with E-state index in [0.717, 1.165) is 38.3 Å². The zero-order valence-corrected chi connectivity index (χ0v) is 12.4. The molecule has 0 aromatic heterocycles. The van der Waals surface area contributed by atoms with Crippen molar-refractivity contribution in [2.24, 2.45) is 0 Å². The molecule has 5 heteroatoms. The van der Waals surface area contributed by atoms with Crippen LogP contribution in [0.4, 0.5) is 0 Å². The Morgan fingerprint density at radius 1 is 1.30 bits per heavy atom. The molecular weight excluding hydrogens is 258 g/mol. The van der Waals surface area contributed by atoms with Gasteiger partial charge in [-0.25, -0.2) is 0 Å². The summed E-state index contributed by atoms with van der Waals surface area (Å²) >= 11 is 0. The summed E-state index contributed by atoms with van der Waals surface area (Å²) in [6, 6.07) is 4.16. The van der Waals surface area contributed by atoms with Crippen LogP contribution in [-0.4, -0.2) is 50.0 Å². The maximum absolute atomic E-state index is 9.93. The Hall–Kier alpha value is -1.46. The molecule has 0 aliphatic carbocycles. The number of morpholine rings is 1. The number of methoxy groups -OCH3 is 2. The maximum Gasteiger partial charge on any atom is 0.200 e. The van der Waals surface area contributed by atoms with E-state index in [4.69, 9.17) is 14.2 Å². The van der Waals surface area contributed by atoms with Crippen LogP contribution in [0, 0.1) is 0 Å². The fourth-order valence-electron chi connectivity index (χ4n) is 2.55. The lowest BCUT2D eigenvalue weighted by molar-refractivity contribution is -0.0127. The molecule has 1 aliphatic rings. The average Bonchev–Trinajstić information content (AvgIpc) is 2.49. The zero-order chi connectivity index (χ0) is 14.5. The van der Waals surface area contributed by atoms with Crippen molar-refractivity contribution >= 4 is 0 Å². The van der Waals surface area contributed by atoms with Crippen LogP contribution in [0.25, 0.3) is 0 Å². The predicted molar refractivity (Wildman–Crippen MR) is 76.5 cm³/mol. The van der Waals surface area contributed by atoms with E-state index in [1.807, 2.05) is 12.1 Å². The first-order chi connectivity index (χ1) is 9.69. The average molecular weight is 281 g/mol. The van der Waals surface area contributed by atoms with Gasteiger partial charge in [0.25, 0.3) is 0 Å². The summed E-state index contributed by atoms with van der Waals surface area (Å²) in [5, 5.41) is 9.93. The minimum absolute atomic E-state index is 0.0489. The molecule has 1 aliphatic heterocycles. The number of ether oxygens (including phenoxy) is 3. The summed E-state index contributed by atoms with van der Waals surface area (Å²) in [5.41, 5.74) is 1.07. The van der Waals surface area contributed by atoms with Crippen molar-refractivity contribution in [2.45, 2.75) is 25.9 Å². The van der Waals surface area contributed by atoms with E-state index in [1.54, 1.807) is 14.2 Å². The lowest BCUT2D eigenvalue weighted by atomic mass is 10.1. The quantitative estimate of drug-likeness (QED) is 0.895. The number of phenolic OH excluding ortho intramolecular Hbond substituents is 1. The van der Waals surface area contributed by atoms with Crippen molar-refractivity contribution in [3.63, 3.8) is 0 Å². The van der Waals surface area contributed by atoms with Crippen LogP contribution in [0.2, 0.25) is 0 Å². The molecule has 112 valence electrons. The summed E-state index contributed by atoms with van der Waals surface area (Å²) in [7, 11) is 3.09. The molecule has 1 fully saturated rings. The molecule has 2 rings (SSSR count). The molecule has 0 bridgehead atoms. The molecule has 0 saturated carbocycles. The minimum atomic E-state index is 0.0489. The van der Waals surface area contributed by atoms with E-state index < -0.39 is 0 Å². The van der Waals surface area contributed by atoms with Crippen LogP contribution in [0.1, 0.15) is 18.9 Å². The number of hydrogen-bond donors (Lipinski definition) is 1. The topological polar surface area (TPSA) is 51.2 Å². The first kappa shape index (κ1) is 14.9. The van der Waals surface area contributed by atoms with E-state index >= 15 is 0 Å². The van der Waals surface area contributed by atoms with E-state index in [1.165, 1.54) is 0 Å². The molecule has 1 aromatic carbocycles. The molecule has 0 amide bonds. The normalized spacial score (nSPS) is 19.9. The van der Waals surface area contributed by atoms with Crippen molar-refractivity contribution in [2.75, 3.05) is 34.0 Å². The first-order valence-corrected chi connectivity index (χ1v) is 6.95. The number of nitrogens with zero attached hydrogens (tertiary/aromatic N) is 1. The molecule has 1 N–H and O–H groups in total. The molecule has 1 aromatic rings. The Bertz CT molecular complexity index is 424. The third-order valence-corrected chi connectivity index (χ3v) is 3.75. The van der Waals surface area contributed by atoms with Crippen molar-refractivity contribution in [1.29, 1.82) is 0 Å². The van der Waals surface area contributed by atoms with Crippen molar-refractivity contribution in [1.82, 2.24) is 4.90 Å². The highest BCUT2D eigenvalue weighted by Crippen LogP contribution is 2.37. The molecule has 5 nitrogen and oxygen atoms in total. The van der Waals surface area contributed by atoms with Gasteiger partial charge in [0.2, 0.25) is 5.75 Å². The lowest BCUT2D eigenvalue weighted by Gasteiger charge is -2.35. The van der Waals surface area contributed by atoms with Crippen LogP contribution in [0.15, 0.2) is 12.1 Å². The molecular formula is C15H23NO4. The van der Waals surface area contributed by atoms with Gasteiger partial charge in [-0.1, -0.05) is 6.92 Å². The second-order valence-corrected chi connectivity index (χ2v) is 4.96. The van der Waals surface area contributed by atoms with Gasteiger partial charge in [0.15, 0.2) is 11.5 Å². The molecule has 0 spiro atoms. The Kier molecular flexibility index (Phi) is 5.09. The SMILES string of the molecule is CCC1COCCN1Cc1cc(OC)c(O)c(OC)c1.